The highest BCUT2D eigenvalue weighted by molar-refractivity contribution is 6.39. The number of carbonyl (C=O) groups is 2. The summed E-state index contributed by atoms with van der Waals surface area (Å²) in [5, 5.41) is 6.10. The summed E-state index contributed by atoms with van der Waals surface area (Å²) in [6.07, 6.45) is 2.94. The van der Waals surface area contributed by atoms with Crippen LogP contribution < -0.4 is 20.1 Å². The van der Waals surface area contributed by atoms with Gasteiger partial charge < -0.3 is 20.1 Å². The van der Waals surface area contributed by atoms with Gasteiger partial charge >= 0.3 is 0 Å². The Hall–Kier alpha value is -3.29. The third-order valence-corrected chi connectivity index (χ3v) is 5.89. The Morgan fingerprint density at radius 3 is 2.55 bits per heavy atom. The first-order chi connectivity index (χ1) is 16.0. The molecule has 1 atom stereocenters. The molecule has 0 aliphatic carbocycles. The maximum absolute atomic E-state index is 13.2. The van der Waals surface area contributed by atoms with Crippen molar-refractivity contribution in [1.29, 1.82) is 0 Å². The second-order valence-electron chi connectivity index (χ2n) is 7.46. The number of carbonyl (C=O) groups excluding carboxylic acids is 2. The van der Waals surface area contributed by atoms with Crippen LogP contribution in [0.25, 0.3) is 0 Å². The van der Waals surface area contributed by atoms with Crippen LogP contribution in [0, 0.1) is 0 Å². The van der Waals surface area contributed by atoms with Crippen LogP contribution in [0.15, 0.2) is 54.9 Å². The fourth-order valence-electron chi connectivity index (χ4n) is 3.72. The lowest BCUT2D eigenvalue weighted by Gasteiger charge is -2.16. The number of rotatable bonds is 7. The smallest absolute Gasteiger partial charge is 0.256 e. The van der Waals surface area contributed by atoms with E-state index in [2.05, 4.69) is 15.6 Å². The number of fused-ring (bicyclic) bond motifs is 1. The number of halogens is 2. The Balaban J connectivity index is 1.56. The summed E-state index contributed by atoms with van der Waals surface area (Å²) in [4.78, 5) is 29.7. The molecule has 4 rings (SSSR count). The molecule has 2 amide bonds. The Morgan fingerprint density at radius 2 is 1.85 bits per heavy atom. The van der Waals surface area contributed by atoms with Crippen LogP contribution in [0.3, 0.4) is 0 Å². The van der Waals surface area contributed by atoms with Gasteiger partial charge in [0.05, 0.1) is 29.4 Å². The fourth-order valence-corrected chi connectivity index (χ4v) is 4.18. The molecular formula is C24H21Cl2N3O4. The fraction of sp³-hybridized carbons (Fsp3) is 0.208. The quantitative estimate of drug-likeness (QED) is 0.500. The van der Waals surface area contributed by atoms with E-state index in [1.54, 1.807) is 12.1 Å². The summed E-state index contributed by atoms with van der Waals surface area (Å²) in [6, 6.07) is 12.9. The molecule has 1 aromatic heterocycles. The minimum atomic E-state index is -0.427. The Morgan fingerprint density at radius 1 is 1.12 bits per heavy atom. The molecule has 1 unspecified atom stereocenters. The van der Waals surface area contributed by atoms with E-state index in [0.717, 1.165) is 5.56 Å². The standard InChI is InChI=1S/C24H21Cl2N3O4/c1-32-19-8-7-16(24(31)29-22-17(25)11-27-12-18(22)26)21-15(13-33-23(19)21)9-20(30)28-10-14-5-3-2-4-6-14/h2-8,11-12,15H,9-10,13H2,1H3,(H,28,30)(H,27,29,31). The van der Waals surface area contributed by atoms with Crippen LogP contribution in [-0.2, 0) is 11.3 Å². The molecule has 1 aliphatic rings. The number of nitrogens with zero attached hydrogens (tertiary/aromatic N) is 1. The van der Waals surface area contributed by atoms with Crippen LogP contribution in [-0.4, -0.2) is 30.5 Å². The third kappa shape index (κ3) is 5.05. The molecule has 0 bridgehead atoms. The Labute approximate surface area is 201 Å². The number of amides is 2. The van der Waals surface area contributed by atoms with Gasteiger partial charge in [-0.3, -0.25) is 14.6 Å². The topological polar surface area (TPSA) is 89.6 Å². The van der Waals surface area contributed by atoms with Crippen molar-refractivity contribution in [2.45, 2.75) is 18.9 Å². The Bertz CT molecular complexity index is 1170. The molecule has 0 fully saturated rings. The van der Waals surface area contributed by atoms with Crippen molar-refractivity contribution in [2.75, 3.05) is 19.0 Å². The molecule has 1 aliphatic heterocycles. The first kappa shape index (κ1) is 22.9. The number of pyridine rings is 1. The van der Waals surface area contributed by atoms with E-state index >= 15 is 0 Å². The third-order valence-electron chi connectivity index (χ3n) is 5.32. The highest BCUT2D eigenvalue weighted by atomic mass is 35.5. The van der Waals surface area contributed by atoms with E-state index < -0.39 is 5.91 Å². The van der Waals surface area contributed by atoms with Gasteiger partial charge in [-0.1, -0.05) is 53.5 Å². The number of aromatic nitrogens is 1. The predicted molar refractivity (Wildman–Crippen MR) is 126 cm³/mol. The van der Waals surface area contributed by atoms with Gasteiger partial charge in [-0.15, -0.1) is 0 Å². The first-order valence-electron chi connectivity index (χ1n) is 10.2. The summed E-state index contributed by atoms with van der Waals surface area (Å²) in [5.74, 6) is 0.0560. The van der Waals surface area contributed by atoms with Crippen molar-refractivity contribution >= 4 is 40.7 Å². The lowest BCUT2D eigenvalue weighted by Crippen LogP contribution is -2.25. The van der Waals surface area contributed by atoms with E-state index in [0.29, 0.717) is 29.2 Å². The summed E-state index contributed by atoms with van der Waals surface area (Å²) in [5.41, 5.74) is 2.23. The molecule has 170 valence electrons. The van der Waals surface area contributed by atoms with Gasteiger partial charge in [0.2, 0.25) is 5.91 Å². The lowest BCUT2D eigenvalue weighted by atomic mass is 9.92. The molecule has 0 saturated carbocycles. The molecule has 2 aromatic carbocycles. The molecule has 0 saturated heterocycles. The van der Waals surface area contributed by atoms with Gasteiger partial charge in [-0.25, -0.2) is 0 Å². The van der Waals surface area contributed by atoms with Crippen molar-refractivity contribution in [3.63, 3.8) is 0 Å². The molecule has 3 aromatic rings. The number of hydrogen-bond donors (Lipinski definition) is 2. The molecule has 2 N–H and O–H groups in total. The van der Waals surface area contributed by atoms with Gasteiger partial charge in [-0.2, -0.15) is 0 Å². The summed E-state index contributed by atoms with van der Waals surface area (Å²) >= 11 is 12.3. The molecule has 7 nitrogen and oxygen atoms in total. The van der Waals surface area contributed by atoms with E-state index in [1.807, 2.05) is 30.3 Å². The second kappa shape index (κ2) is 10.1. The first-order valence-corrected chi connectivity index (χ1v) is 11.0. The molecule has 9 heteroatoms. The average molecular weight is 486 g/mol. The zero-order chi connectivity index (χ0) is 23.4. The molecule has 2 heterocycles. The summed E-state index contributed by atoms with van der Waals surface area (Å²) in [7, 11) is 1.52. The van der Waals surface area contributed by atoms with E-state index in [9.17, 15) is 9.59 Å². The number of anilines is 1. The van der Waals surface area contributed by atoms with Gasteiger partial charge in [0.25, 0.3) is 5.91 Å². The Kier molecular flexibility index (Phi) is 7.01. The van der Waals surface area contributed by atoms with Crippen LogP contribution in [0.2, 0.25) is 10.0 Å². The van der Waals surface area contributed by atoms with Crippen molar-refractivity contribution in [3.8, 4) is 11.5 Å². The zero-order valence-electron chi connectivity index (χ0n) is 17.7. The maximum Gasteiger partial charge on any atom is 0.256 e. The molecular weight excluding hydrogens is 465 g/mol. The average Bonchev–Trinajstić information content (AvgIpc) is 3.24. The maximum atomic E-state index is 13.2. The zero-order valence-corrected chi connectivity index (χ0v) is 19.2. The normalized spacial score (nSPS) is 14.2. The number of nitrogens with one attached hydrogen (secondary N) is 2. The molecule has 0 spiro atoms. The van der Waals surface area contributed by atoms with E-state index in [4.69, 9.17) is 32.7 Å². The number of benzene rings is 2. The van der Waals surface area contributed by atoms with Gasteiger partial charge in [-0.05, 0) is 17.7 Å². The van der Waals surface area contributed by atoms with E-state index in [1.165, 1.54) is 19.5 Å². The monoisotopic (exact) mass is 485 g/mol. The van der Waals surface area contributed by atoms with Crippen LogP contribution in [0.4, 0.5) is 5.69 Å². The van der Waals surface area contributed by atoms with E-state index in [-0.39, 0.29) is 40.6 Å². The molecule has 0 radical (unpaired) electrons. The van der Waals surface area contributed by atoms with Crippen molar-refractivity contribution in [1.82, 2.24) is 10.3 Å². The lowest BCUT2D eigenvalue weighted by molar-refractivity contribution is -0.121. The van der Waals surface area contributed by atoms with Crippen molar-refractivity contribution < 1.29 is 19.1 Å². The number of methoxy groups -OCH3 is 1. The number of hydrogen-bond acceptors (Lipinski definition) is 5. The largest absolute Gasteiger partial charge is 0.493 e. The second-order valence-corrected chi connectivity index (χ2v) is 8.28. The number of ether oxygens (including phenoxy) is 2. The highest BCUT2D eigenvalue weighted by Crippen LogP contribution is 2.45. The van der Waals surface area contributed by atoms with Gasteiger partial charge in [0.15, 0.2) is 11.5 Å². The van der Waals surface area contributed by atoms with Gasteiger partial charge in [0.1, 0.15) is 0 Å². The minimum Gasteiger partial charge on any atom is -0.493 e. The predicted octanol–water partition coefficient (Wildman–Crippen LogP) is 4.83. The van der Waals surface area contributed by atoms with Crippen LogP contribution in [0.1, 0.15) is 33.8 Å². The van der Waals surface area contributed by atoms with Crippen molar-refractivity contribution in [2.24, 2.45) is 0 Å². The minimum absolute atomic E-state index is 0.144. The SMILES string of the molecule is COc1ccc(C(=O)Nc2c(Cl)cncc2Cl)c2c1OCC2CC(=O)NCc1ccccc1. The molecule has 33 heavy (non-hydrogen) atoms. The highest BCUT2D eigenvalue weighted by Gasteiger charge is 2.34. The van der Waals surface area contributed by atoms with Crippen LogP contribution in [0.5, 0.6) is 11.5 Å². The summed E-state index contributed by atoms with van der Waals surface area (Å²) < 4.78 is 11.2. The van der Waals surface area contributed by atoms with Crippen LogP contribution >= 0.6 is 23.2 Å². The van der Waals surface area contributed by atoms with Gasteiger partial charge in [0, 0.05) is 42.4 Å². The van der Waals surface area contributed by atoms with Crippen molar-refractivity contribution in [3.05, 3.63) is 81.6 Å². The summed E-state index contributed by atoms with van der Waals surface area (Å²) in [6.45, 7) is 0.677.